The molecule has 2 aliphatic rings. The number of ether oxygens (including phenoxy) is 3. The van der Waals surface area contributed by atoms with Gasteiger partial charge in [0, 0.05) is 38.8 Å². The predicted octanol–water partition coefficient (Wildman–Crippen LogP) is 2.28. The van der Waals surface area contributed by atoms with Crippen molar-refractivity contribution < 1.29 is 19.0 Å². The summed E-state index contributed by atoms with van der Waals surface area (Å²) in [6.45, 7) is 6.41. The minimum Gasteiger partial charge on any atom is -0.497 e. The Hall–Kier alpha value is -1.99. The lowest BCUT2D eigenvalue weighted by atomic mass is 9.96. The fraction of sp³-hybridized carbons (Fsp3) is 0.632. The summed E-state index contributed by atoms with van der Waals surface area (Å²) in [7, 11) is 3.20. The Morgan fingerprint density at radius 2 is 1.88 bits per heavy atom. The molecule has 1 aromatic rings. The van der Waals surface area contributed by atoms with Gasteiger partial charge in [-0.15, -0.1) is 0 Å². The predicted molar refractivity (Wildman–Crippen MR) is 100 cm³/mol. The Kier molecular flexibility index (Phi) is 6.57. The largest absolute Gasteiger partial charge is 0.497 e. The van der Waals surface area contributed by atoms with Crippen molar-refractivity contribution in [1.82, 2.24) is 9.80 Å². The molecular formula is C19H29N3O4. The third-order valence-corrected chi connectivity index (χ3v) is 5.17. The molecule has 144 valence electrons. The van der Waals surface area contributed by atoms with Crippen molar-refractivity contribution in [1.29, 1.82) is 0 Å². The number of nitrogens with one attached hydrogen (secondary N) is 1. The number of amides is 2. The molecule has 0 spiro atoms. The molecule has 2 aliphatic heterocycles. The average molecular weight is 363 g/mol. The van der Waals surface area contributed by atoms with E-state index >= 15 is 0 Å². The molecule has 26 heavy (non-hydrogen) atoms. The third-order valence-electron chi connectivity index (χ3n) is 5.17. The number of methoxy groups -OCH3 is 2. The first-order valence-corrected chi connectivity index (χ1v) is 9.27. The molecule has 0 unspecified atom stereocenters. The molecule has 0 aliphatic carbocycles. The molecule has 2 heterocycles. The van der Waals surface area contributed by atoms with Crippen molar-refractivity contribution in [3.8, 4) is 11.5 Å². The number of morpholine rings is 1. The number of hydrogen-bond acceptors (Lipinski definition) is 5. The Balaban J connectivity index is 1.50. The number of piperidine rings is 1. The number of urea groups is 1. The first-order chi connectivity index (χ1) is 12.7. The lowest BCUT2D eigenvalue weighted by molar-refractivity contribution is 0.0260. The van der Waals surface area contributed by atoms with E-state index in [-0.39, 0.29) is 6.03 Å². The molecule has 0 aromatic heterocycles. The van der Waals surface area contributed by atoms with Gasteiger partial charge in [-0.2, -0.15) is 0 Å². The van der Waals surface area contributed by atoms with E-state index in [1.165, 1.54) is 0 Å². The van der Waals surface area contributed by atoms with Crippen LogP contribution in [0, 0.1) is 5.92 Å². The Morgan fingerprint density at radius 1 is 1.15 bits per heavy atom. The highest BCUT2D eigenvalue weighted by Gasteiger charge is 2.25. The maximum absolute atomic E-state index is 12.6. The second-order valence-corrected chi connectivity index (χ2v) is 6.84. The van der Waals surface area contributed by atoms with Crippen molar-refractivity contribution in [2.45, 2.75) is 12.8 Å². The third kappa shape index (κ3) is 4.80. The van der Waals surface area contributed by atoms with E-state index in [1.807, 2.05) is 11.0 Å². The van der Waals surface area contributed by atoms with Gasteiger partial charge >= 0.3 is 6.03 Å². The fourth-order valence-electron chi connectivity index (χ4n) is 3.57. The summed E-state index contributed by atoms with van der Waals surface area (Å²) >= 11 is 0. The smallest absolute Gasteiger partial charge is 0.321 e. The Labute approximate surface area is 155 Å². The molecule has 7 nitrogen and oxygen atoms in total. The van der Waals surface area contributed by atoms with Gasteiger partial charge in [0.15, 0.2) is 0 Å². The summed E-state index contributed by atoms with van der Waals surface area (Å²) in [6.07, 6.45) is 2.08. The highest BCUT2D eigenvalue weighted by Crippen LogP contribution is 2.29. The van der Waals surface area contributed by atoms with E-state index in [9.17, 15) is 4.79 Å². The zero-order valence-electron chi connectivity index (χ0n) is 15.7. The zero-order chi connectivity index (χ0) is 18.4. The molecule has 2 saturated heterocycles. The van der Waals surface area contributed by atoms with E-state index in [2.05, 4.69) is 10.2 Å². The summed E-state index contributed by atoms with van der Waals surface area (Å²) in [6, 6.07) is 5.30. The Morgan fingerprint density at radius 3 is 2.54 bits per heavy atom. The van der Waals surface area contributed by atoms with Gasteiger partial charge in [-0.05, 0) is 30.9 Å². The highest BCUT2D eigenvalue weighted by atomic mass is 16.5. The van der Waals surface area contributed by atoms with Crippen molar-refractivity contribution in [3.05, 3.63) is 18.2 Å². The van der Waals surface area contributed by atoms with Crippen LogP contribution >= 0.6 is 0 Å². The number of anilines is 1. The van der Waals surface area contributed by atoms with Gasteiger partial charge in [-0.1, -0.05) is 0 Å². The molecule has 0 bridgehead atoms. The van der Waals surface area contributed by atoms with E-state index in [4.69, 9.17) is 14.2 Å². The number of benzene rings is 1. The highest BCUT2D eigenvalue weighted by molar-refractivity contribution is 5.91. The molecule has 1 N–H and O–H groups in total. The molecule has 0 radical (unpaired) electrons. The number of hydrogen-bond donors (Lipinski definition) is 1. The monoisotopic (exact) mass is 363 g/mol. The standard InChI is InChI=1S/C19H29N3O4/c1-24-16-3-4-18(25-2)17(13-16)20-19(23)22-7-5-15(6-8-22)14-21-9-11-26-12-10-21/h3-4,13,15H,5-12,14H2,1-2H3,(H,20,23). The van der Waals surface area contributed by atoms with Crippen LogP contribution in [0.3, 0.4) is 0 Å². The summed E-state index contributed by atoms with van der Waals surface area (Å²) in [5.41, 5.74) is 0.632. The molecule has 3 rings (SSSR count). The van der Waals surface area contributed by atoms with E-state index < -0.39 is 0 Å². The summed E-state index contributed by atoms with van der Waals surface area (Å²) in [4.78, 5) is 17.0. The second kappa shape index (κ2) is 9.09. The maximum atomic E-state index is 12.6. The van der Waals surface area contributed by atoms with Crippen LogP contribution in [0.25, 0.3) is 0 Å². The first kappa shape index (κ1) is 18.8. The zero-order valence-corrected chi connectivity index (χ0v) is 15.7. The van der Waals surface area contributed by atoms with Gasteiger partial charge in [0.1, 0.15) is 11.5 Å². The van der Waals surface area contributed by atoms with Crippen LogP contribution in [0.2, 0.25) is 0 Å². The molecular weight excluding hydrogens is 334 g/mol. The number of carbonyl (C=O) groups excluding carboxylic acids is 1. The summed E-state index contributed by atoms with van der Waals surface area (Å²) in [5, 5.41) is 2.96. The van der Waals surface area contributed by atoms with Crippen LogP contribution < -0.4 is 14.8 Å². The van der Waals surface area contributed by atoms with Crippen molar-refractivity contribution in [2.24, 2.45) is 5.92 Å². The van der Waals surface area contributed by atoms with Gasteiger partial charge in [0.25, 0.3) is 0 Å². The number of carbonyl (C=O) groups is 1. The van der Waals surface area contributed by atoms with Gasteiger partial charge in [-0.3, -0.25) is 4.90 Å². The van der Waals surface area contributed by atoms with Crippen molar-refractivity contribution >= 4 is 11.7 Å². The Bertz CT molecular complexity index is 596. The van der Waals surface area contributed by atoms with E-state index in [0.29, 0.717) is 23.1 Å². The molecule has 2 fully saturated rings. The van der Waals surface area contributed by atoms with Gasteiger partial charge in [-0.25, -0.2) is 4.79 Å². The molecule has 7 heteroatoms. The number of rotatable bonds is 5. The van der Waals surface area contributed by atoms with Crippen LogP contribution in [0.15, 0.2) is 18.2 Å². The van der Waals surface area contributed by atoms with Crippen LogP contribution in [-0.2, 0) is 4.74 Å². The maximum Gasteiger partial charge on any atom is 0.321 e. The molecule has 1 aromatic carbocycles. The molecule has 0 saturated carbocycles. The summed E-state index contributed by atoms with van der Waals surface area (Å²) < 4.78 is 16.0. The fourth-order valence-corrected chi connectivity index (χ4v) is 3.57. The number of nitrogens with zero attached hydrogens (tertiary/aromatic N) is 2. The quantitative estimate of drug-likeness (QED) is 0.870. The second-order valence-electron chi connectivity index (χ2n) is 6.84. The van der Waals surface area contributed by atoms with Gasteiger partial charge in [0.05, 0.1) is 33.1 Å². The lowest BCUT2D eigenvalue weighted by Gasteiger charge is -2.36. The van der Waals surface area contributed by atoms with Crippen LogP contribution in [0.1, 0.15) is 12.8 Å². The minimum absolute atomic E-state index is 0.0821. The topological polar surface area (TPSA) is 63.3 Å². The average Bonchev–Trinajstić information content (AvgIpc) is 2.69. The van der Waals surface area contributed by atoms with Crippen LogP contribution in [0.5, 0.6) is 11.5 Å². The first-order valence-electron chi connectivity index (χ1n) is 9.27. The van der Waals surface area contributed by atoms with Crippen LogP contribution in [0.4, 0.5) is 10.5 Å². The lowest BCUT2D eigenvalue weighted by Crippen LogP contribution is -2.45. The van der Waals surface area contributed by atoms with E-state index in [0.717, 1.165) is 58.8 Å². The SMILES string of the molecule is COc1ccc(OC)c(NC(=O)N2CCC(CN3CCOCC3)CC2)c1. The molecule has 0 atom stereocenters. The van der Waals surface area contributed by atoms with Crippen molar-refractivity contribution in [3.63, 3.8) is 0 Å². The van der Waals surface area contributed by atoms with Gasteiger partial charge in [0.2, 0.25) is 0 Å². The number of likely N-dealkylation sites (tertiary alicyclic amines) is 1. The van der Waals surface area contributed by atoms with Crippen LogP contribution in [-0.4, -0.2) is 76.0 Å². The minimum atomic E-state index is -0.0821. The summed E-state index contributed by atoms with van der Waals surface area (Å²) in [5.74, 6) is 1.97. The van der Waals surface area contributed by atoms with Gasteiger partial charge < -0.3 is 24.4 Å². The van der Waals surface area contributed by atoms with Crippen molar-refractivity contribution in [2.75, 3.05) is 65.5 Å². The van der Waals surface area contributed by atoms with E-state index in [1.54, 1.807) is 26.4 Å². The normalized spacial score (nSPS) is 19.2. The molecule has 2 amide bonds.